The van der Waals surface area contributed by atoms with Crippen molar-refractivity contribution in [2.45, 2.75) is 20.5 Å². The normalized spacial score (nSPS) is 10.7. The van der Waals surface area contributed by atoms with Crippen LogP contribution in [0.15, 0.2) is 89.9 Å². The first-order valence-electron chi connectivity index (χ1n) is 10.3. The lowest BCUT2D eigenvalue weighted by atomic mass is 9.99. The molecular formula is C27H23NO4. The van der Waals surface area contributed by atoms with Crippen LogP contribution in [0, 0.1) is 13.8 Å². The molecule has 5 nitrogen and oxygen atoms in total. The number of aromatic nitrogens is 1. The number of aromatic carboxylic acids is 1. The van der Waals surface area contributed by atoms with Gasteiger partial charge in [-0.2, -0.15) is 0 Å². The smallest absolute Gasteiger partial charge is 0.336 e. The fraction of sp³-hybridized carbons (Fsp3) is 0.111. The van der Waals surface area contributed by atoms with Crippen molar-refractivity contribution in [2.24, 2.45) is 0 Å². The number of nitrogens with zero attached hydrogens (tertiary/aromatic N) is 1. The van der Waals surface area contributed by atoms with E-state index < -0.39 is 5.97 Å². The van der Waals surface area contributed by atoms with Gasteiger partial charge in [0.2, 0.25) is 5.43 Å². The molecule has 0 spiro atoms. The van der Waals surface area contributed by atoms with Gasteiger partial charge < -0.3 is 14.4 Å². The molecular weight excluding hydrogens is 402 g/mol. The van der Waals surface area contributed by atoms with Crippen molar-refractivity contribution < 1.29 is 14.6 Å². The van der Waals surface area contributed by atoms with E-state index in [4.69, 9.17) is 4.74 Å². The monoisotopic (exact) mass is 425 g/mol. The van der Waals surface area contributed by atoms with Crippen molar-refractivity contribution in [3.05, 3.63) is 118 Å². The first kappa shape index (κ1) is 21.1. The van der Waals surface area contributed by atoms with Crippen molar-refractivity contribution in [1.82, 2.24) is 4.57 Å². The first-order valence-corrected chi connectivity index (χ1v) is 10.3. The van der Waals surface area contributed by atoms with Crippen molar-refractivity contribution in [3.8, 4) is 22.6 Å². The largest absolute Gasteiger partial charge is 0.483 e. The van der Waals surface area contributed by atoms with Crippen LogP contribution in [0.25, 0.3) is 16.8 Å². The van der Waals surface area contributed by atoms with Gasteiger partial charge in [-0.1, -0.05) is 60.7 Å². The fourth-order valence-electron chi connectivity index (χ4n) is 3.69. The standard InChI is InChI=1S/C27H23NO4/c1-18-16-28(19(2)26(25(18)29)32-17-20-8-4-3-5-9-20)22-14-12-21(13-15-22)23-10-6-7-11-24(23)27(30)31/h3-16H,17H2,1-2H3,(H,30,31). The van der Waals surface area contributed by atoms with Crippen LogP contribution in [0.4, 0.5) is 0 Å². The average molecular weight is 425 g/mol. The highest BCUT2D eigenvalue weighted by atomic mass is 16.5. The third-order valence-corrected chi connectivity index (χ3v) is 5.42. The second kappa shape index (κ2) is 8.94. The molecule has 4 aromatic rings. The molecule has 0 unspecified atom stereocenters. The maximum atomic E-state index is 12.7. The molecule has 1 aromatic heterocycles. The average Bonchev–Trinajstić information content (AvgIpc) is 2.82. The van der Waals surface area contributed by atoms with Crippen LogP contribution in [0.5, 0.6) is 5.75 Å². The van der Waals surface area contributed by atoms with Gasteiger partial charge >= 0.3 is 5.97 Å². The number of pyridine rings is 1. The Morgan fingerprint density at radius 3 is 2.25 bits per heavy atom. The fourth-order valence-corrected chi connectivity index (χ4v) is 3.69. The van der Waals surface area contributed by atoms with Gasteiger partial charge in [0.25, 0.3) is 0 Å². The van der Waals surface area contributed by atoms with E-state index in [-0.39, 0.29) is 11.0 Å². The molecule has 0 amide bonds. The second-order valence-electron chi connectivity index (χ2n) is 7.60. The summed E-state index contributed by atoms with van der Waals surface area (Å²) in [6, 6.07) is 24.2. The summed E-state index contributed by atoms with van der Waals surface area (Å²) in [4.78, 5) is 24.3. The number of carboxylic acids is 1. The second-order valence-corrected chi connectivity index (χ2v) is 7.60. The summed E-state index contributed by atoms with van der Waals surface area (Å²) in [5, 5.41) is 9.47. The van der Waals surface area contributed by atoms with Crippen LogP contribution in [-0.4, -0.2) is 15.6 Å². The van der Waals surface area contributed by atoms with Gasteiger partial charge in [0.1, 0.15) is 6.61 Å². The summed E-state index contributed by atoms with van der Waals surface area (Å²) in [6.07, 6.45) is 1.80. The molecule has 0 aliphatic carbocycles. The molecule has 0 saturated heterocycles. The van der Waals surface area contributed by atoms with Gasteiger partial charge in [0.15, 0.2) is 5.75 Å². The van der Waals surface area contributed by atoms with E-state index in [0.717, 1.165) is 16.8 Å². The maximum absolute atomic E-state index is 12.7. The number of carbonyl (C=O) groups is 1. The Bertz CT molecular complexity index is 1320. The molecule has 5 heteroatoms. The molecule has 160 valence electrons. The molecule has 3 aromatic carbocycles. The molecule has 0 radical (unpaired) electrons. The predicted molar refractivity (Wildman–Crippen MR) is 125 cm³/mol. The molecule has 4 rings (SSSR count). The summed E-state index contributed by atoms with van der Waals surface area (Å²) in [6.45, 7) is 3.94. The zero-order chi connectivity index (χ0) is 22.7. The van der Waals surface area contributed by atoms with Crippen LogP contribution in [0.3, 0.4) is 0 Å². The number of rotatable bonds is 6. The Balaban J connectivity index is 1.69. The van der Waals surface area contributed by atoms with Gasteiger partial charge in [-0.3, -0.25) is 4.79 Å². The quantitative estimate of drug-likeness (QED) is 0.449. The zero-order valence-corrected chi connectivity index (χ0v) is 17.9. The van der Waals surface area contributed by atoms with E-state index in [2.05, 4.69) is 0 Å². The Hall–Kier alpha value is -4.12. The molecule has 0 aliphatic rings. The molecule has 0 saturated carbocycles. The number of benzene rings is 3. The first-order chi connectivity index (χ1) is 15.5. The predicted octanol–water partition coefficient (Wildman–Crippen LogP) is 5.40. The highest BCUT2D eigenvalue weighted by molar-refractivity contribution is 5.96. The van der Waals surface area contributed by atoms with E-state index in [0.29, 0.717) is 29.2 Å². The van der Waals surface area contributed by atoms with Gasteiger partial charge in [0, 0.05) is 17.4 Å². The van der Waals surface area contributed by atoms with Crippen molar-refractivity contribution in [2.75, 3.05) is 0 Å². The minimum absolute atomic E-state index is 0.123. The van der Waals surface area contributed by atoms with E-state index in [1.54, 1.807) is 31.3 Å². The lowest BCUT2D eigenvalue weighted by Gasteiger charge is -2.17. The van der Waals surface area contributed by atoms with E-state index in [9.17, 15) is 14.7 Å². The molecule has 1 heterocycles. The van der Waals surface area contributed by atoms with E-state index in [1.807, 2.05) is 72.2 Å². The van der Waals surface area contributed by atoms with Crippen molar-refractivity contribution in [1.29, 1.82) is 0 Å². The summed E-state index contributed by atoms with van der Waals surface area (Å²) in [7, 11) is 0. The third-order valence-electron chi connectivity index (χ3n) is 5.42. The Kier molecular flexibility index (Phi) is 5.90. The van der Waals surface area contributed by atoms with Crippen LogP contribution in [-0.2, 0) is 6.61 Å². The van der Waals surface area contributed by atoms with Crippen LogP contribution in [0.1, 0.15) is 27.2 Å². The minimum Gasteiger partial charge on any atom is -0.483 e. The molecule has 1 N–H and O–H groups in total. The maximum Gasteiger partial charge on any atom is 0.336 e. The Morgan fingerprint density at radius 1 is 0.906 bits per heavy atom. The summed E-state index contributed by atoms with van der Waals surface area (Å²) < 4.78 is 7.85. The molecule has 0 aliphatic heterocycles. The number of hydrogen-bond acceptors (Lipinski definition) is 3. The topological polar surface area (TPSA) is 68.5 Å². The van der Waals surface area contributed by atoms with E-state index in [1.165, 1.54) is 0 Å². The third kappa shape index (κ3) is 4.18. The van der Waals surface area contributed by atoms with Crippen LogP contribution < -0.4 is 10.2 Å². The number of hydrogen-bond donors (Lipinski definition) is 1. The highest BCUT2D eigenvalue weighted by Gasteiger charge is 2.15. The lowest BCUT2D eigenvalue weighted by molar-refractivity contribution is 0.0697. The minimum atomic E-state index is -0.961. The number of ether oxygens (including phenoxy) is 1. The Labute approximate surface area is 186 Å². The van der Waals surface area contributed by atoms with Gasteiger partial charge in [0.05, 0.1) is 11.3 Å². The van der Waals surface area contributed by atoms with Gasteiger partial charge in [-0.25, -0.2) is 4.79 Å². The number of carboxylic acid groups (broad SMARTS) is 1. The van der Waals surface area contributed by atoms with Gasteiger partial charge in [-0.15, -0.1) is 0 Å². The van der Waals surface area contributed by atoms with Crippen LogP contribution in [0.2, 0.25) is 0 Å². The summed E-state index contributed by atoms with van der Waals surface area (Å²) in [5.74, 6) is -0.633. The van der Waals surface area contributed by atoms with Crippen molar-refractivity contribution >= 4 is 5.97 Å². The molecule has 32 heavy (non-hydrogen) atoms. The highest BCUT2D eigenvalue weighted by Crippen LogP contribution is 2.26. The van der Waals surface area contributed by atoms with Crippen LogP contribution >= 0.6 is 0 Å². The summed E-state index contributed by atoms with van der Waals surface area (Å²) in [5.41, 5.74) is 4.73. The van der Waals surface area contributed by atoms with E-state index >= 15 is 0 Å². The molecule has 0 fully saturated rings. The lowest BCUT2D eigenvalue weighted by Crippen LogP contribution is -2.17. The van der Waals surface area contributed by atoms with Crippen molar-refractivity contribution in [3.63, 3.8) is 0 Å². The zero-order valence-electron chi connectivity index (χ0n) is 17.9. The summed E-state index contributed by atoms with van der Waals surface area (Å²) >= 11 is 0. The Morgan fingerprint density at radius 2 is 1.56 bits per heavy atom. The molecule has 0 atom stereocenters. The molecule has 0 bridgehead atoms. The SMILES string of the molecule is Cc1cn(-c2ccc(-c3ccccc3C(=O)O)cc2)c(C)c(OCc2ccccc2)c1=O. The number of aryl methyl sites for hydroxylation is 1. The van der Waals surface area contributed by atoms with Gasteiger partial charge in [-0.05, 0) is 48.7 Å².